The van der Waals surface area contributed by atoms with Gasteiger partial charge >= 0.3 is 0 Å². The maximum absolute atomic E-state index is 11.9. The molecule has 3 nitrogen and oxygen atoms in total. The molecule has 0 aromatic heterocycles. The zero-order chi connectivity index (χ0) is 18.9. The summed E-state index contributed by atoms with van der Waals surface area (Å²) in [5.74, 6) is 6.47. The number of aliphatic hydroxyl groups excluding tert-OH is 1. The Morgan fingerprint density at radius 1 is 1.31 bits per heavy atom. The molecule has 2 N–H and O–H groups in total. The average molecular weight is 352 g/mol. The Balaban J connectivity index is 1.86. The summed E-state index contributed by atoms with van der Waals surface area (Å²) in [6.45, 7) is 8.09. The van der Waals surface area contributed by atoms with E-state index in [4.69, 9.17) is 0 Å². The van der Waals surface area contributed by atoms with E-state index in [1.165, 1.54) is 0 Å². The van der Waals surface area contributed by atoms with Crippen molar-refractivity contribution in [3.63, 3.8) is 0 Å². The fourth-order valence-electron chi connectivity index (χ4n) is 6.61. The molecule has 0 aliphatic heterocycles. The van der Waals surface area contributed by atoms with Crippen molar-refractivity contribution in [2.24, 2.45) is 28.6 Å². The van der Waals surface area contributed by atoms with Gasteiger partial charge in [-0.05, 0) is 62.7 Å². The average Bonchev–Trinajstić information content (AvgIpc) is 2.80. The molecule has 3 heteroatoms. The lowest BCUT2D eigenvalue weighted by Crippen LogP contribution is -2.58. The molecule has 7 atom stereocenters. The van der Waals surface area contributed by atoms with Gasteiger partial charge in [-0.15, -0.1) is 5.92 Å². The van der Waals surface area contributed by atoms with E-state index in [1.54, 1.807) is 19.1 Å². The molecule has 0 aromatic carbocycles. The first-order valence-electron chi connectivity index (χ1n) is 9.65. The summed E-state index contributed by atoms with van der Waals surface area (Å²) < 4.78 is 0. The minimum absolute atomic E-state index is 0.0206. The summed E-state index contributed by atoms with van der Waals surface area (Å²) in [7, 11) is 0. The van der Waals surface area contributed by atoms with Crippen molar-refractivity contribution in [1.29, 1.82) is 0 Å². The van der Waals surface area contributed by atoms with E-state index in [2.05, 4.69) is 38.7 Å². The van der Waals surface area contributed by atoms with E-state index in [0.717, 1.165) is 17.6 Å². The van der Waals surface area contributed by atoms with Gasteiger partial charge in [-0.1, -0.05) is 37.5 Å². The van der Waals surface area contributed by atoms with Crippen molar-refractivity contribution in [2.75, 3.05) is 0 Å². The number of hydrogen-bond donors (Lipinski definition) is 2. The maximum Gasteiger partial charge on any atom is 0.178 e. The van der Waals surface area contributed by atoms with Crippen LogP contribution in [0, 0.1) is 40.4 Å². The van der Waals surface area contributed by atoms with Crippen LogP contribution >= 0.6 is 0 Å². The van der Waals surface area contributed by atoms with E-state index in [9.17, 15) is 15.0 Å². The first kappa shape index (κ1) is 17.8. The highest BCUT2D eigenvalue weighted by molar-refractivity contribution is 6.01. The molecule has 0 spiro atoms. The van der Waals surface area contributed by atoms with Gasteiger partial charge in [0, 0.05) is 16.7 Å². The number of fused-ring (bicyclic) bond motifs is 5. The summed E-state index contributed by atoms with van der Waals surface area (Å²) in [5, 5.41) is 22.5. The monoisotopic (exact) mass is 352 g/mol. The fourth-order valence-corrected chi connectivity index (χ4v) is 6.61. The van der Waals surface area contributed by atoms with Crippen LogP contribution in [0.5, 0.6) is 0 Å². The SMILES string of the molecule is CC#C[C@]1(O)CC[C@H]2C3C=C(C)C4=CC(=O)C=C[C@]4(C)[C@H]3[C@@H](O)C[C@@]21C. The molecule has 2 fully saturated rings. The second kappa shape index (κ2) is 5.44. The highest BCUT2D eigenvalue weighted by Gasteiger charge is 2.65. The molecule has 138 valence electrons. The van der Waals surface area contributed by atoms with Crippen molar-refractivity contribution in [3.8, 4) is 11.8 Å². The van der Waals surface area contributed by atoms with Crippen LogP contribution in [0.25, 0.3) is 0 Å². The molecule has 26 heavy (non-hydrogen) atoms. The van der Waals surface area contributed by atoms with Crippen LogP contribution < -0.4 is 0 Å². The molecule has 0 heterocycles. The standard InChI is InChI=1S/C23H28O3/c1-5-8-23(26)10-7-17-16-11-14(2)18-12-15(24)6-9-21(18,3)20(16)19(25)13-22(17,23)4/h6,9,11-12,16-17,19-20,25-26H,7,10,13H2,1-4H3/t16?,17-,19-,20+,21-,22-,23-/m0/s1. The quantitative estimate of drug-likeness (QED) is 0.658. The van der Waals surface area contributed by atoms with E-state index in [1.807, 2.05) is 6.08 Å². The van der Waals surface area contributed by atoms with Gasteiger partial charge in [-0.3, -0.25) is 4.79 Å². The molecule has 2 saturated carbocycles. The molecule has 4 aliphatic carbocycles. The summed E-state index contributed by atoms with van der Waals surface area (Å²) in [6.07, 6.45) is 9.20. The van der Waals surface area contributed by atoms with Crippen LogP contribution in [0.2, 0.25) is 0 Å². The highest BCUT2D eigenvalue weighted by atomic mass is 16.3. The number of carbonyl (C=O) groups is 1. The minimum Gasteiger partial charge on any atom is -0.393 e. The smallest absolute Gasteiger partial charge is 0.178 e. The predicted molar refractivity (Wildman–Crippen MR) is 101 cm³/mol. The molecule has 1 unspecified atom stereocenters. The lowest BCUT2D eigenvalue weighted by atomic mass is 9.47. The molecule has 0 amide bonds. The van der Waals surface area contributed by atoms with Gasteiger partial charge in [0.05, 0.1) is 6.10 Å². The van der Waals surface area contributed by atoms with Crippen LogP contribution in [-0.4, -0.2) is 27.7 Å². The number of rotatable bonds is 0. The highest BCUT2D eigenvalue weighted by Crippen LogP contribution is 2.66. The molecular weight excluding hydrogens is 324 g/mol. The zero-order valence-electron chi connectivity index (χ0n) is 16.0. The van der Waals surface area contributed by atoms with Gasteiger partial charge in [-0.2, -0.15) is 0 Å². The van der Waals surface area contributed by atoms with Crippen molar-refractivity contribution in [2.45, 2.75) is 58.7 Å². The lowest BCUT2D eigenvalue weighted by molar-refractivity contribution is -0.129. The number of allylic oxidation sites excluding steroid dienone is 6. The normalized spacial score (nSPS) is 49.2. The van der Waals surface area contributed by atoms with Crippen molar-refractivity contribution in [3.05, 3.63) is 35.5 Å². The third-order valence-corrected chi connectivity index (χ3v) is 7.86. The number of hydrogen-bond acceptors (Lipinski definition) is 3. The minimum atomic E-state index is -1.03. The third-order valence-electron chi connectivity index (χ3n) is 7.86. The van der Waals surface area contributed by atoms with Crippen molar-refractivity contribution in [1.82, 2.24) is 0 Å². The first-order valence-corrected chi connectivity index (χ1v) is 9.65. The van der Waals surface area contributed by atoms with Gasteiger partial charge < -0.3 is 10.2 Å². The number of carbonyl (C=O) groups excluding carboxylic acids is 1. The second-order valence-electron chi connectivity index (χ2n) is 9.10. The van der Waals surface area contributed by atoms with E-state index in [-0.39, 0.29) is 29.0 Å². The van der Waals surface area contributed by atoms with Crippen LogP contribution in [0.1, 0.15) is 47.0 Å². The molecule has 0 radical (unpaired) electrons. The number of aliphatic hydroxyl groups is 2. The van der Waals surface area contributed by atoms with Crippen LogP contribution in [0.15, 0.2) is 35.5 Å². The predicted octanol–water partition coefficient (Wildman–Crippen LogP) is 3.19. The molecule has 4 rings (SSSR count). The largest absolute Gasteiger partial charge is 0.393 e. The molecular formula is C23H28O3. The Morgan fingerprint density at radius 3 is 2.73 bits per heavy atom. The van der Waals surface area contributed by atoms with Gasteiger partial charge in [-0.25, -0.2) is 0 Å². The summed E-state index contributed by atoms with van der Waals surface area (Å²) in [5.41, 5.74) is 0.375. The molecule has 4 aliphatic rings. The van der Waals surface area contributed by atoms with E-state index >= 15 is 0 Å². The van der Waals surface area contributed by atoms with Crippen molar-refractivity contribution >= 4 is 5.78 Å². The zero-order valence-corrected chi connectivity index (χ0v) is 16.0. The van der Waals surface area contributed by atoms with Crippen LogP contribution in [0.3, 0.4) is 0 Å². The van der Waals surface area contributed by atoms with Crippen LogP contribution in [0.4, 0.5) is 0 Å². The Hall–Kier alpha value is -1.63. The Bertz CT molecular complexity index is 822. The Labute approximate surface area is 155 Å². The van der Waals surface area contributed by atoms with Gasteiger partial charge in [0.2, 0.25) is 0 Å². The van der Waals surface area contributed by atoms with Crippen LogP contribution in [-0.2, 0) is 4.79 Å². The van der Waals surface area contributed by atoms with E-state index in [0.29, 0.717) is 12.8 Å². The van der Waals surface area contributed by atoms with E-state index < -0.39 is 17.1 Å². The molecule has 0 saturated heterocycles. The third kappa shape index (κ3) is 2.06. The first-order chi connectivity index (χ1) is 12.2. The van der Waals surface area contributed by atoms with Crippen molar-refractivity contribution < 1.29 is 15.0 Å². The topological polar surface area (TPSA) is 57.5 Å². The lowest BCUT2D eigenvalue weighted by Gasteiger charge is -2.58. The summed E-state index contributed by atoms with van der Waals surface area (Å²) >= 11 is 0. The summed E-state index contributed by atoms with van der Waals surface area (Å²) in [4.78, 5) is 11.9. The Kier molecular flexibility index (Phi) is 3.72. The fraction of sp³-hybridized carbons (Fsp3) is 0.609. The number of ketones is 1. The second-order valence-corrected chi connectivity index (χ2v) is 9.10. The molecule has 0 bridgehead atoms. The molecule has 0 aromatic rings. The summed E-state index contributed by atoms with van der Waals surface area (Å²) in [6, 6.07) is 0. The Morgan fingerprint density at radius 2 is 2.04 bits per heavy atom. The maximum atomic E-state index is 11.9. The van der Waals surface area contributed by atoms with Gasteiger partial charge in [0.25, 0.3) is 0 Å². The van der Waals surface area contributed by atoms with Gasteiger partial charge in [0.1, 0.15) is 5.60 Å². The van der Waals surface area contributed by atoms with Gasteiger partial charge in [0.15, 0.2) is 5.78 Å².